The second-order valence-corrected chi connectivity index (χ2v) is 8.41. The molecule has 1 unspecified atom stereocenters. The predicted octanol–water partition coefficient (Wildman–Crippen LogP) is 5.77. The number of carbonyl (C=O) groups is 1. The molecule has 4 aromatic rings. The number of halogens is 1. The Morgan fingerprint density at radius 2 is 1.77 bits per heavy atom. The molecule has 5 nitrogen and oxygen atoms in total. The molecule has 152 valence electrons. The quantitative estimate of drug-likeness (QED) is 0.441. The Kier molecular flexibility index (Phi) is 4.18. The Balaban J connectivity index is 1.55. The summed E-state index contributed by atoms with van der Waals surface area (Å²) in [6, 6.07) is 21.7. The van der Waals surface area contributed by atoms with Crippen LogP contribution in [0.4, 0.5) is 5.95 Å². The van der Waals surface area contributed by atoms with Crippen molar-refractivity contribution >= 4 is 34.1 Å². The Morgan fingerprint density at radius 1 is 0.968 bits per heavy atom. The maximum absolute atomic E-state index is 13.0. The Labute approximate surface area is 184 Å². The molecule has 1 aliphatic carbocycles. The highest BCUT2D eigenvalue weighted by atomic mass is 35.5. The topological polar surface area (TPSA) is 59.8 Å². The third kappa shape index (κ3) is 2.96. The first-order chi connectivity index (χ1) is 15.2. The number of ketones is 1. The zero-order chi connectivity index (χ0) is 20.9. The zero-order valence-electron chi connectivity index (χ0n) is 16.7. The van der Waals surface area contributed by atoms with Gasteiger partial charge in [-0.05, 0) is 41.3 Å². The van der Waals surface area contributed by atoms with Crippen LogP contribution in [0.5, 0.6) is 0 Å². The molecule has 0 amide bonds. The molecule has 0 fully saturated rings. The molecule has 0 bridgehead atoms. The first-order valence-corrected chi connectivity index (χ1v) is 10.8. The molecule has 2 aliphatic rings. The van der Waals surface area contributed by atoms with Gasteiger partial charge in [-0.25, -0.2) is 4.68 Å². The molecule has 1 atom stereocenters. The van der Waals surface area contributed by atoms with Crippen LogP contribution in [0.3, 0.4) is 0 Å². The molecule has 0 saturated carbocycles. The molecule has 1 aromatic heterocycles. The first-order valence-electron chi connectivity index (χ1n) is 10.4. The van der Waals surface area contributed by atoms with E-state index in [4.69, 9.17) is 21.7 Å². The lowest BCUT2D eigenvalue weighted by Gasteiger charge is -2.32. The van der Waals surface area contributed by atoms with Crippen molar-refractivity contribution in [2.24, 2.45) is 0 Å². The number of rotatable bonds is 2. The molecular formula is C25H19ClN4O. The van der Waals surface area contributed by atoms with Crippen LogP contribution in [0.1, 0.15) is 30.9 Å². The van der Waals surface area contributed by atoms with E-state index in [0.29, 0.717) is 23.2 Å². The number of aromatic nitrogens is 3. The van der Waals surface area contributed by atoms with E-state index in [1.54, 1.807) is 0 Å². The lowest BCUT2D eigenvalue weighted by atomic mass is 9.85. The number of benzene rings is 3. The molecule has 1 aliphatic heterocycles. The summed E-state index contributed by atoms with van der Waals surface area (Å²) in [5.74, 6) is 1.48. The van der Waals surface area contributed by atoms with Crippen LogP contribution < -0.4 is 5.32 Å². The molecule has 2 heterocycles. The van der Waals surface area contributed by atoms with Crippen LogP contribution in [0, 0.1) is 0 Å². The SMILES string of the molecule is O=C1CCCC2=C1C(c1ccc(Cl)cc1)n1nc(-c3cccc4ccccc34)nc1N2. The summed E-state index contributed by atoms with van der Waals surface area (Å²) in [5.41, 5.74) is 3.70. The van der Waals surface area contributed by atoms with E-state index in [0.717, 1.165) is 46.0 Å². The minimum Gasteiger partial charge on any atom is -0.328 e. The van der Waals surface area contributed by atoms with Crippen molar-refractivity contribution in [2.45, 2.75) is 25.3 Å². The summed E-state index contributed by atoms with van der Waals surface area (Å²) >= 11 is 6.13. The number of hydrogen-bond acceptors (Lipinski definition) is 4. The smallest absolute Gasteiger partial charge is 0.226 e. The van der Waals surface area contributed by atoms with Crippen LogP contribution in [-0.4, -0.2) is 20.5 Å². The Bertz CT molecular complexity index is 1360. The highest BCUT2D eigenvalue weighted by molar-refractivity contribution is 6.30. The van der Waals surface area contributed by atoms with Crippen molar-refractivity contribution in [2.75, 3.05) is 5.32 Å². The van der Waals surface area contributed by atoms with Gasteiger partial charge in [0.1, 0.15) is 6.04 Å². The van der Waals surface area contributed by atoms with Gasteiger partial charge in [-0.3, -0.25) is 4.79 Å². The number of fused-ring (bicyclic) bond motifs is 2. The van der Waals surface area contributed by atoms with Crippen LogP contribution in [0.25, 0.3) is 22.2 Å². The van der Waals surface area contributed by atoms with Gasteiger partial charge in [0.25, 0.3) is 0 Å². The number of hydrogen-bond donors (Lipinski definition) is 1. The van der Waals surface area contributed by atoms with E-state index in [9.17, 15) is 4.79 Å². The van der Waals surface area contributed by atoms with Crippen molar-refractivity contribution in [3.8, 4) is 11.4 Å². The number of anilines is 1. The molecular weight excluding hydrogens is 408 g/mol. The summed E-state index contributed by atoms with van der Waals surface area (Å²) in [5, 5.41) is 11.2. The van der Waals surface area contributed by atoms with Crippen molar-refractivity contribution < 1.29 is 4.79 Å². The number of Topliss-reactive ketones (excluding diaryl/α,β-unsaturated/α-hetero) is 1. The summed E-state index contributed by atoms with van der Waals surface area (Å²) in [6.07, 6.45) is 2.24. The van der Waals surface area contributed by atoms with Crippen molar-refractivity contribution in [3.63, 3.8) is 0 Å². The second-order valence-electron chi connectivity index (χ2n) is 7.98. The lowest BCUT2D eigenvalue weighted by Crippen LogP contribution is -2.31. The van der Waals surface area contributed by atoms with Crippen molar-refractivity contribution in [1.82, 2.24) is 14.8 Å². The highest BCUT2D eigenvalue weighted by Gasteiger charge is 2.36. The van der Waals surface area contributed by atoms with Gasteiger partial charge in [0, 0.05) is 28.3 Å². The van der Waals surface area contributed by atoms with Gasteiger partial charge in [0.05, 0.1) is 0 Å². The van der Waals surface area contributed by atoms with E-state index < -0.39 is 0 Å². The van der Waals surface area contributed by atoms with Gasteiger partial charge in [-0.15, -0.1) is 5.10 Å². The predicted molar refractivity (Wildman–Crippen MR) is 122 cm³/mol. The van der Waals surface area contributed by atoms with Crippen molar-refractivity contribution in [3.05, 3.63) is 88.6 Å². The largest absolute Gasteiger partial charge is 0.328 e. The summed E-state index contributed by atoms with van der Waals surface area (Å²) in [4.78, 5) is 17.8. The van der Waals surface area contributed by atoms with Gasteiger partial charge in [0.2, 0.25) is 5.95 Å². The van der Waals surface area contributed by atoms with E-state index in [1.807, 2.05) is 53.2 Å². The van der Waals surface area contributed by atoms with E-state index in [1.165, 1.54) is 0 Å². The summed E-state index contributed by atoms with van der Waals surface area (Å²) in [6.45, 7) is 0. The minimum absolute atomic E-state index is 0.168. The fourth-order valence-electron chi connectivity index (χ4n) is 4.64. The van der Waals surface area contributed by atoms with E-state index in [2.05, 4.69) is 23.5 Å². The van der Waals surface area contributed by atoms with Crippen LogP contribution >= 0.6 is 11.6 Å². The number of nitrogens with one attached hydrogen (secondary N) is 1. The molecule has 1 N–H and O–H groups in total. The van der Waals surface area contributed by atoms with Crippen LogP contribution in [0.2, 0.25) is 5.02 Å². The van der Waals surface area contributed by atoms with Gasteiger partial charge < -0.3 is 5.32 Å². The second kappa shape index (κ2) is 7.06. The van der Waals surface area contributed by atoms with E-state index in [-0.39, 0.29) is 11.8 Å². The van der Waals surface area contributed by atoms with Gasteiger partial charge in [-0.2, -0.15) is 4.98 Å². The number of carbonyl (C=O) groups excluding carboxylic acids is 1. The van der Waals surface area contributed by atoms with Gasteiger partial charge in [-0.1, -0.05) is 66.2 Å². The lowest BCUT2D eigenvalue weighted by molar-refractivity contribution is -0.116. The van der Waals surface area contributed by atoms with Gasteiger partial charge in [0.15, 0.2) is 11.6 Å². The average molecular weight is 427 g/mol. The van der Waals surface area contributed by atoms with Gasteiger partial charge >= 0.3 is 0 Å². The molecule has 0 radical (unpaired) electrons. The molecule has 31 heavy (non-hydrogen) atoms. The number of allylic oxidation sites excluding steroid dienone is 2. The maximum Gasteiger partial charge on any atom is 0.226 e. The molecule has 0 saturated heterocycles. The molecule has 0 spiro atoms. The molecule has 6 heteroatoms. The minimum atomic E-state index is -0.312. The van der Waals surface area contributed by atoms with E-state index >= 15 is 0 Å². The fraction of sp³-hybridized carbons (Fsp3) is 0.160. The standard InChI is InChI=1S/C25H19ClN4O/c26-17-13-11-16(12-14-17)23-22-20(9-4-10-21(22)31)27-25-28-24(29-30(23)25)19-8-3-6-15-5-1-2-7-18(15)19/h1-3,5-8,11-14,23H,4,9-10H2,(H,27,28,29). The normalized spacial score (nSPS) is 18.0. The summed E-state index contributed by atoms with van der Waals surface area (Å²) in [7, 11) is 0. The van der Waals surface area contributed by atoms with Crippen LogP contribution in [0.15, 0.2) is 78.0 Å². The highest BCUT2D eigenvalue weighted by Crippen LogP contribution is 2.41. The van der Waals surface area contributed by atoms with Crippen LogP contribution in [-0.2, 0) is 4.79 Å². The number of nitrogens with zero attached hydrogens (tertiary/aromatic N) is 3. The Morgan fingerprint density at radius 3 is 2.65 bits per heavy atom. The maximum atomic E-state index is 13.0. The third-order valence-corrected chi connectivity index (χ3v) is 6.34. The van der Waals surface area contributed by atoms with Crippen molar-refractivity contribution in [1.29, 1.82) is 0 Å². The molecule has 3 aromatic carbocycles. The molecule has 6 rings (SSSR count). The fourth-order valence-corrected chi connectivity index (χ4v) is 4.77. The Hall–Kier alpha value is -3.44. The first kappa shape index (κ1) is 18.3. The zero-order valence-corrected chi connectivity index (χ0v) is 17.4. The average Bonchev–Trinajstić information content (AvgIpc) is 3.22. The third-order valence-electron chi connectivity index (χ3n) is 6.08. The summed E-state index contributed by atoms with van der Waals surface area (Å²) < 4.78 is 1.85. The monoisotopic (exact) mass is 426 g/mol.